The Balaban J connectivity index is 2.00. The molecule has 108 valence electrons. The van der Waals surface area contributed by atoms with E-state index >= 15 is 0 Å². The van der Waals surface area contributed by atoms with Crippen molar-refractivity contribution in [2.75, 3.05) is 4.90 Å². The molecule has 3 rings (SSSR count). The van der Waals surface area contributed by atoms with E-state index in [1.807, 2.05) is 13.0 Å². The van der Waals surface area contributed by atoms with Gasteiger partial charge in [0.05, 0.1) is 5.56 Å². The third-order valence-corrected chi connectivity index (χ3v) is 3.30. The Morgan fingerprint density at radius 2 is 2.24 bits per heavy atom. The van der Waals surface area contributed by atoms with Gasteiger partial charge < -0.3 is 4.42 Å². The van der Waals surface area contributed by atoms with E-state index in [4.69, 9.17) is 4.42 Å². The SMILES string of the molecule is CCCC(=O)N1C=CCc2nc(-c3ccccc3F)oc21. The summed E-state index contributed by atoms with van der Waals surface area (Å²) in [5, 5.41) is 0. The topological polar surface area (TPSA) is 46.3 Å². The van der Waals surface area contributed by atoms with E-state index < -0.39 is 5.82 Å². The van der Waals surface area contributed by atoms with Crippen molar-refractivity contribution in [2.45, 2.75) is 26.2 Å². The summed E-state index contributed by atoms with van der Waals surface area (Å²) in [5.74, 6) is 0.159. The van der Waals surface area contributed by atoms with E-state index in [0.717, 1.165) is 6.42 Å². The van der Waals surface area contributed by atoms with Gasteiger partial charge in [-0.1, -0.05) is 25.1 Å². The highest BCUT2D eigenvalue weighted by Gasteiger charge is 2.26. The van der Waals surface area contributed by atoms with Gasteiger partial charge in [0.1, 0.15) is 11.5 Å². The number of hydrogen-bond donors (Lipinski definition) is 0. The van der Waals surface area contributed by atoms with Gasteiger partial charge in [0.15, 0.2) is 0 Å². The van der Waals surface area contributed by atoms with Crippen molar-refractivity contribution >= 4 is 11.8 Å². The van der Waals surface area contributed by atoms with Crippen LogP contribution in [0.4, 0.5) is 10.3 Å². The Kier molecular flexibility index (Phi) is 3.56. The first-order valence-corrected chi connectivity index (χ1v) is 6.94. The Bertz CT molecular complexity index is 706. The van der Waals surface area contributed by atoms with Crippen LogP contribution in [0.2, 0.25) is 0 Å². The highest BCUT2D eigenvalue weighted by atomic mass is 19.1. The van der Waals surface area contributed by atoms with Crippen LogP contribution < -0.4 is 4.90 Å². The van der Waals surface area contributed by atoms with Gasteiger partial charge >= 0.3 is 0 Å². The molecule has 2 aromatic rings. The minimum Gasteiger partial charge on any atom is -0.419 e. The van der Waals surface area contributed by atoms with Crippen LogP contribution in [0, 0.1) is 5.82 Å². The normalized spacial score (nSPS) is 13.3. The number of anilines is 1. The monoisotopic (exact) mass is 286 g/mol. The first-order chi connectivity index (χ1) is 10.2. The predicted octanol–water partition coefficient (Wildman–Crippen LogP) is 3.68. The van der Waals surface area contributed by atoms with Gasteiger partial charge in [-0.15, -0.1) is 0 Å². The molecule has 0 spiro atoms. The second kappa shape index (κ2) is 5.52. The molecule has 1 aromatic carbocycles. The second-order valence-corrected chi connectivity index (χ2v) is 4.85. The minimum atomic E-state index is -0.393. The lowest BCUT2D eigenvalue weighted by Gasteiger charge is -2.18. The number of benzene rings is 1. The Morgan fingerprint density at radius 1 is 1.43 bits per heavy atom. The van der Waals surface area contributed by atoms with Crippen molar-refractivity contribution in [1.29, 1.82) is 0 Å². The molecule has 0 saturated carbocycles. The van der Waals surface area contributed by atoms with Crippen molar-refractivity contribution in [2.24, 2.45) is 0 Å². The van der Waals surface area contributed by atoms with Gasteiger partial charge in [0.2, 0.25) is 17.7 Å². The molecule has 1 aliphatic rings. The summed E-state index contributed by atoms with van der Waals surface area (Å²) in [7, 11) is 0. The van der Waals surface area contributed by atoms with Crippen LogP contribution in [-0.4, -0.2) is 10.9 Å². The highest BCUT2D eigenvalue weighted by molar-refractivity contribution is 5.94. The third-order valence-electron chi connectivity index (χ3n) is 3.30. The average Bonchev–Trinajstić information content (AvgIpc) is 2.91. The molecule has 5 heteroatoms. The Labute approximate surface area is 121 Å². The van der Waals surface area contributed by atoms with Crippen LogP contribution in [0.25, 0.3) is 11.5 Å². The summed E-state index contributed by atoms with van der Waals surface area (Å²) >= 11 is 0. The lowest BCUT2D eigenvalue weighted by molar-refractivity contribution is -0.118. The summed E-state index contributed by atoms with van der Waals surface area (Å²) < 4.78 is 19.5. The van der Waals surface area contributed by atoms with Gasteiger partial charge in [-0.05, 0) is 18.6 Å². The molecule has 0 unspecified atom stereocenters. The number of halogens is 1. The average molecular weight is 286 g/mol. The number of fused-ring (bicyclic) bond motifs is 1. The van der Waals surface area contributed by atoms with Gasteiger partial charge in [0, 0.05) is 19.0 Å². The fourth-order valence-corrected chi connectivity index (χ4v) is 2.28. The molecule has 21 heavy (non-hydrogen) atoms. The molecule has 4 nitrogen and oxygen atoms in total. The molecule has 0 bridgehead atoms. The first kappa shape index (κ1) is 13.5. The van der Waals surface area contributed by atoms with E-state index in [2.05, 4.69) is 4.98 Å². The zero-order chi connectivity index (χ0) is 14.8. The van der Waals surface area contributed by atoms with Crippen LogP contribution in [0.1, 0.15) is 25.5 Å². The van der Waals surface area contributed by atoms with Crippen LogP contribution in [0.5, 0.6) is 0 Å². The molecular weight excluding hydrogens is 271 g/mol. The van der Waals surface area contributed by atoms with Crippen molar-refractivity contribution in [3.8, 4) is 11.5 Å². The number of carbonyl (C=O) groups is 1. The summed E-state index contributed by atoms with van der Waals surface area (Å²) in [5.41, 5.74) is 0.954. The fraction of sp³-hybridized carbons (Fsp3) is 0.250. The molecule has 0 fully saturated rings. The number of rotatable bonds is 3. The molecule has 0 saturated heterocycles. The zero-order valence-corrected chi connectivity index (χ0v) is 11.7. The number of nitrogens with zero attached hydrogens (tertiary/aromatic N) is 2. The summed E-state index contributed by atoms with van der Waals surface area (Å²) in [6.07, 6.45) is 5.30. The molecule has 0 N–H and O–H groups in total. The largest absolute Gasteiger partial charge is 0.419 e. The maximum Gasteiger partial charge on any atom is 0.233 e. The van der Waals surface area contributed by atoms with Gasteiger partial charge in [0.25, 0.3) is 0 Å². The summed E-state index contributed by atoms with van der Waals surface area (Å²) in [6, 6.07) is 6.30. The van der Waals surface area contributed by atoms with E-state index in [1.54, 1.807) is 24.4 Å². The summed E-state index contributed by atoms with van der Waals surface area (Å²) in [4.78, 5) is 17.9. The standard InChI is InChI=1S/C16H15FN2O2/c1-2-6-14(20)19-10-5-9-13-16(19)21-15(18-13)11-7-3-4-8-12(11)17/h3-5,7-8,10H,2,6,9H2,1H3. The fourth-order valence-electron chi connectivity index (χ4n) is 2.28. The van der Waals surface area contributed by atoms with E-state index in [-0.39, 0.29) is 11.8 Å². The Morgan fingerprint density at radius 3 is 3.00 bits per heavy atom. The Hall–Kier alpha value is -2.43. The third kappa shape index (κ3) is 2.46. The minimum absolute atomic E-state index is 0.0501. The number of carbonyl (C=O) groups excluding carboxylic acids is 1. The number of aromatic nitrogens is 1. The number of hydrogen-bond acceptors (Lipinski definition) is 3. The van der Waals surface area contributed by atoms with E-state index in [1.165, 1.54) is 11.0 Å². The maximum atomic E-state index is 13.8. The van der Waals surface area contributed by atoms with Crippen LogP contribution >= 0.6 is 0 Å². The molecule has 1 aliphatic heterocycles. The molecule has 2 heterocycles. The predicted molar refractivity (Wildman–Crippen MR) is 77.1 cm³/mol. The van der Waals surface area contributed by atoms with E-state index in [0.29, 0.717) is 30.0 Å². The van der Waals surface area contributed by atoms with Crippen molar-refractivity contribution in [3.05, 3.63) is 48.1 Å². The number of oxazole rings is 1. The van der Waals surface area contributed by atoms with Gasteiger partial charge in [-0.2, -0.15) is 0 Å². The zero-order valence-electron chi connectivity index (χ0n) is 11.7. The van der Waals surface area contributed by atoms with Gasteiger partial charge in [-0.25, -0.2) is 9.37 Å². The van der Waals surface area contributed by atoms with E-state index in [9.17, 15) is 9.18 Å². The first-order valence-electron chi connectivity index (χ1n) is 6.94. The number of allylic oxidation sites excluding steroid dienone is 1. The van der Waals surface area contributed by atoms with Crippen LogP contribution in [0.15, 0.2) is 41.0 Å². The molecule has 0 aliphatic carbocycles. The van der Waals surface area contributed by atoms with Gasteiger partial charge in [-0.3, -0.25) is 9.69 Å². The highest BCUT2D eigenvalue weighted by Crippen LogP contribution is 2.32. The number of amides is 1. The molecular formula is C16H15FN2O2. The van der Waals surface area contributed by atoms with Crippen molar-refractivity contribution < 1.29 is 13.6 Å². The quantitative estimate of drug-likeness (QED) is 0.864. The van der Waals surface area contributed by atoms with Crippen molar-refractivity contribution in [3.63, 3.8) is 0 Å². The molecule has 1 amide bonds. The lowest BCUT2D eigenvalue weighted by Crippen LogP contribution is -2.27. The smallest absolute Gasteiger partial charge is 0.233 e. The maximum absolute atomic E-state index is 13.8. The molecule has 0 atom stereocenters. The second-order valence-electron chi connectivity index (χ2n) is 4.85. The molecule has 1 aromatic heterocycles. The molecule has 0 radical (unpaired) electrons. The van der Waals surface area contributed by atoms with Crippen LogP contribution in [0.3, 0.4) is 0 Å². The lowest BCUT2D eigenvalue weighted by atomic mass is 10.2. The van der Waals surface area contributed by atoms with Crippen molar-refractivity contribution in [1.82, 2.24) is 4.98 Å². The van der Waals surface area contributed by atoms with Crippen LogP contribution in [-0.2, 0) is 11.2 Å². The summed E-state index contributed by atoms with van der Waals surface area (Å²) in [6.45, 7) is 1.94.